The summed E-state index contributed by atoms with van der Waals surface area (Å²) in [4.78, 5) is 0. The molecule has 12 heavy (non-hydrogen) atoms. The van der Waals surface area contributed by atoms with Gasteiger partial charge < -0.3 is 0 Å². The Morgan fingerprint density at radius 1 is 0.917 bits per heavy atom. The highest BCUT2D eigenvalue weighted by Gasteiger charge is 2.69. The van der Waals surface area contributed by atoms with E-state index in [0.29, 0.717) is 0 Å². The molecule has 7 aliphatic rings. The third-order valence-electron chi connectivity index (χ3n) is 5.81. The van der Waals surface area contributed by atoms with Gasteiger partial charge in [-0.3, -0.25) is 0 Å². The predicted molar refractivity (Wildman–Crippen MR) is 48.6 cm³/mol. The van der Waals surface area contributed by atoms with Crippen molar-refractivity contribution < 1.29 is 0 Å². The van der Waals surface area contributed by atoms with Gasteiger partial charge in [0.25, 0.3) is 0 Å². The van der Waals surface area contributed by atoms with E-state index in [1.165, 1.54) is 17.8 Å². The highest BCUT2D eigenvalue weighted by atomic mass is 14.7. The Morgan fingerprint density at radius 3 is 2.33 bits per heavy atom. The molecule has 66 valence electrons. The largest absolute Gasteiger partial charge is 0.0622 e. The van der Waals surface area contributed by atoms with Crippen molar-refractivity contribution in [3.63, 3.8) is 0 Å². The quantitative estimate of drug-likeness (QED) is 0.513. The van der Waals surface area contributed by atoms with Crippen LogP contribution >= 0.6 is 0 Å². The summed E-state index contributed by atoms with van der Waals surface area (Å²) in [6.07, 6.45) is 8.11. The average Bonchev–Trinajstić information content (AvgIpc) is 2.18. The van der Waals surface area contributed by atoms with Gasteiger partial charge in [-0.25, -0.2) is 0 Å². The van der Waals surface area contributed by atoms with Gasteiger partial charge >= 0.3 is 0 Å². The molecular formula is C12H18. The first kappa shape index (κ1) is 6.45. The molecule has 7 aliphatic carbocycles. The van der Waals surface area contributed by atoms with Crippen LogP contribution in [0.4, 0.5) is 0 Å². The van der Waals surface area contributed by atoms with E-state index < -0.39 is 0 Å². The van der Waals surface area contributed by atoms with E-state index in [4.69, 9.17) is 0 Å². The lowest BCUT2D eigenvalue weighted by atomic mass is 9.34. The second-order valence-electron chi connectivity index (χ2n) is 6.23. The van der Waals surface area contributed by atoms with E-state index in [9.17, 15) is 0 Å². The molecule has 0 nitrogen and oxygen atoms in total. The van der Waals surface area contributed by atoms with Crippen molar-refractivity contribution in [2.75, 3.05) is 0 Å². The van der Waals surface area contributed by atoms with Crippen LogP contribution in [0.3, 0.4) is 0 Å². The van der Waals surface area contributed by atoms with Gasteiger partial charge in [0.2, 0.25) is 0 Å². The molecule has 6 unspecified atom stereocenters. The molecule has 0 N–H and O–H groups in total. The first-order chi connectivity index (χ1) is 5.78. The maximum atomic E-state index is 2.52. The first-order valence-electron chi connectivity index (χ1n) is 5.78. The summed E-state index contributed by atoms with van der Waals surface area (Å²) in [5.74, 6) is 5.84. The van der Waals surface area contributed by atoms with Crippen LogP contribution in [0.15, 0.2) is 0 Å². The summed E-state index contributed by atoms with van der Waals surface area (Å²) in [5.41, 5.74) is 0.947. The Labute approximate surface area is 74.7 Å². The van der Waals surface area contributed by atoms with E-state index in [2.05, 4.69) is 6.92 Å². The molecule has 7 fully saturated rings. The maximum absolute atomic E-state index is 2.52. The summed E-state index contributed by atoms with van der Waals surface area (Å²) in [7, 11) is 0. The fourth-order valence-electron chi connectivity index (χ4n) is 5.58. The highest BCUT2D eigenvalue weighted by molar-refractivity contribution is 5.18. The van der Waals surface area contributed by atoms with Crippen LogP contribution in [-0.2, 0) is 0 Å². The number of hydrogen-bond donors (Lipinski definition) is 0. The van der Waals surface area contributed by atoms with Gasteiger partial charge in [0.1, 0.15) is 0 Å². The van der Waals surface area contributed by atoms with Crippen LogP contribution in [0.2, 0.25) is 0 Å². The molecule has 5 bridgehead atoms. The molecule has 0 radical (unpaired) electrons. The summed E-state index contributed by atoms with van der Waals surface area (Å²) < 4.78 is 0. The molecule has 0 aromatic heterocycles. The minimum atomic E-state index is 0.947. The van der Waals surface area contributed by atoms with E-state index in [0.717, 1.165) is 17.3 Å². The zero-order valence-corrected chi connectivity index (χ0v) is 7.92. The van der Waals surface area contributed by atoms with E-state index in [1.54, 1.807) is 32.1 Å². The Balaban J connectivity index is 1.81. The smallest absolute Gasteiger partial charge is 0.0256 e. The second-order valence-corrected chi connectivity index (χ2v) is 6.23. The molecule has 7 saturated carbocycles. The summed E-state index contributed by atoms with van der Waals surface area (Å²) in [6.45, 7) is 2.52. The van der Waals surface area contributed by atoms with Gasteiger partial charge in [-0.05, 0) is 67.1 Å². The normalized spacial score (nSPS) is 71.2. The lowest BCUT2D eigenvalue weighted by Gasteiger charge is -2.70. The zero-order chi connectivity index (χ0) is 7.92. The SMILES string of the molecule is CC1CC2CC34CC1CC(C3)C24. The van der Waals surface area contributed by atoms with Crippen molar-refractivity contribution >= 4 is 0 Å². The molecule has 0 heterocycles. The van der Waals surface area contributed by atoms with Crippen LogP contribution < -0.4 is 0 Å². The third kappa shape index (κ3) is 0.482. The molecule has 0 aromatic rings. The van der Waals surface area contributed by atoms with Gasteiger partial charge in [0, 0.05) is 0 Å². The van der Waals surface area contributed by atoms with E-state index in [-0.39, 0.29) is 0 Å². The third-order valence-corrected chi connectivity index (χ3v) is 5.81. The monoisotopic (exact) mass is 162 g/mol. The molecular weight excluding hydrogens is 144 g/mol. The average molecular weight is 162 g/mol. The van der Waals surface area contributed by atoms with Gasteiger partial charge in [-0.15, -0.1) is 0 Å². The second kappa shape index (κ2) is 1.63. The molecule has 6 atom stereocenters. The lowest BCUT2D eigenvalue weighted by molar-refractivity contribution is -0.214. The van der Waals surface area contributed by atoms with Crippen LogP contribution in [0.1, 0.15) is 39.0 Å². The standard InChI is InChI=1S/C12H18/c1-7-2-9-5-12-4-8(7)3-10(6-12)11(9)12/h7-11H,2-6H2,1H3. The Kier molecular flexibility index (Phi) is 0.875. The van der Waals surface area contributed by atoms with Gasteiger partial charge in [-0.2, -0.15) is 0 Å². The Morgan fingerprint density at radius 2 is 1.58 bits per heavy atom. The van der Waals surface area contributed by atoms with Crippen LogP contribution in [-0.4, -0.2) is 0 Å². The molecule has 0 aliphatic heterocycles. The Bertz CT molecular complexity index is 244. The van der Waals surface area contributed by atoms with Gasteiger partial charge in [0.05, 0.1) is 0 Å². The van der Waals surface area contributed by atoms with Gasteiger partial charge in [0.15, 0.2) is 0 Å². The van der Waals surface area contributed by atoms with Crippen molar-refractivity contribution in [2.45, 2.75) is 39.0 Å². The zero-order valence-electron chi connectivity index (χ0n) is 7.92. The van der Waals surface area contributed by atoms with Crippen molar-refractivity contribution in [2.24, 2.45) is 35.0 Å². The fraction of sp³-hybridized carbons (Fsp3) is 1.00. The minimum absolute atomic E-state index is 0.947. The van der Waals surface area contributed by atoms with Crippen molar-refractivity contribution in [1.29, 1.82) is 0 Å². The van der Waals surface area contributed by atoms with Crippen molar-refractivity contribution in [3.05, 3.63) is 0 Å². The Hall–Kier alpha value is 0. The minimum Gasteiger partial charge on any atom is -0.0622 e. The number of hydrogen-bond acceptors (Lipinski definition) is 0. The molecule has 1 spiro atoms. The molecule has 0 saturated heterocycles. The van der Waals surface area contributed by atoms with E-state index in [1.807, 2.05) is 0 Å². The summed E-state index contributed by atoms with van der Waals surface area (Å²) >= 11 is 0. The number of rotatable bonds is 0. The van der Waals surface area contributed by atoms with Crippen molar-refractivity contribution in [1.82, 2.24) is 0 Å². The topological polar surface area (TPSA) is 0 Å². The van der Waals surface area contributed by atoms with Crippen LogP contribution in [0.25, 0.3) is 0 Å². The fourth-order valence-corrected chi connectivity index (χ4v) is 5.58. The van der Waals surface area contributed by atoms with E-state index >= 15 is 0 Å². The van der Waals surface area contributed by atoms with Crippen molar-refractivity contribution in [3.8, 4) is 0 Å². The molecule has 0 amide bonds. The maximum Gasteiger partial charge on any atom is -0.0256 e. The van der Waals surface area contributed by atoms with Crippen LogP contribution in [0.5, 0.6) is 0 Å². The lowest BCUT2D eigenvalue weighted by Crippen LogP contribution is -2.62. The summed E-state index contributed by atoms with van der Waals surface area (Å²) in [5, 5.41) is 0. The summed E-state index contributed by atoms with van der Waals surface area (Å²) in [6, 6.07) is 0. The van der Waals surface area contributed by atoms with Gasteiger partial charge in [-0.1, -0.05) is 6.92 Å². The first-order valence-corrected chi connectivity index (χ1v) is 5.78. The molecule has 7 rings (SSSR count). The predicted octanol–water partition coefficient (Wildman–Crippen LogP) is 3.08. The van der Waals surface area contributed by atoms with Crippen LogP contribution in [0, 0.1) is 35.0 Å². The highest BCUT2D eigenvalue weighted by Crippen LogP contribution is 2.77. The molecule has 0 aromatic carbocycles. The molecule has 0 heteroatoms.